The molecule has 0 bridgehead atoms. The highest BCUT2D eigenvalue weighted by Gasteiger charge is 2.15. The number of carbonyl (C=O) groups is 2. The molecule has 6 heteroatoms. The van der Waals surface area contributed by atoms with Crippen LogP contribution in [0.3, 0.4) is 0 Å². The molecule has 108 valence electrons. The van der Waals surface area contributed by atoms with Crippen LogP contribution < -0.4 is 16.4 Å². The van der Waals surface area contributed by atoms with Gasteiger partial charge in [0.05, 0.1) is 5.69 Å². The molecule has 0 radical (unpaired) electrons. The van der Waals surface area contributed by atoms with E-state index < -0.39 is 0 Å². The van der Waals surface area contributed by atoms with Crippen LogP contribution in [0.2, 0.25) is 0 Å². The van der Waals surface area contributed by atoms with Crippen molar-refractivity contribution in [3.05, 3.63) is 23.8 Å². The van der Waals surface area contributed by atoms with Crippen LogP contribution in [0.4, 0.5) is 5.69 Å². The zero-order chi connectivity index (χ0) is 14.5. The molecule has 1 aromatic rings. The number of thioether (sulfide) groups is 1. The second kappa shape index (κ2) is 6.76. The molecule has 1 heterocycles. The van der Waals surface area contributed by atoms with Crippen molar-refractivity contribution in [3.63, 3.8) is 0 Å². The topological polar surface area (TPSA) is 84.2 Å². The Morgan fingerprint density at radius 3 is 3.10 bits per heavy atom. The summed E-state index contributed by atoms with van der Waals surface area (Å²) >= 11 is 1.62. The SMILES string of the molecule is CC(N)CCNC(=O)c1ccc2c(c1)NC(=O)CCS2. The predicted octanol–water partition coefficient (Wildman–Crippen LogP) is 1.59. The van der Waals surface area contributed by atoms with E-state index in [1.807, 2.05) is 13.0 Å². The van der Waals surface area contributed by atoms with E-state index in [0.717, 1.165) is 22.8 Å². The number of hydrogen-bond acceptors (Lipinski definition) is 4. The van der Waals surface area contributed by atoms with Gasteiger partial charge in [-0.15, -0.1) is 11.8 Å². The number of rotatable bonds is 4. The van der Waals surface area contributed by atoms with E-state index in [2.05, 4.69) is 10.6 Å². The molecular weight excluding hydrogens is 274 g/mol. The summed E-state index contributed by atoms with van der Waals surface area (Å²) in [6.07, 6.45) is 1.23. The number of nitrogens with two attached hydrogens (primary N) is 1. The first-order valence-corrected chi connectivity index (χ1v) is 7.65. The second-order valence-corrected chi connectivity index (χ2v) is 6.02. The molecule has 1 unspecified atom stereocenters. The van der Waals surface area contributed by atoms with E-state index >= 15 is 0 Å². The van der Waals surface area contributed by atoms with Gasteiger partial charge in [0.25, 0.3) is 5.91 Å². The van der Waals surface area contributed by atoms with E-state index in [9.17, 15) is 9.59 Å². The zero-order valence-corrected chi connectivity index (χ0v) is 12.3. The van der Waals surface area contributed by atoms with Crippen LogP contribution in [0.15, 0.2) is 23.1 Å². The number of fused-ring (bicyclic) bond motifs is 1. The molecule has 1 aromatic carbocycles. The summed E-state index contributed by atoms with van der Waals surface area (Å²) in [5.74, 6) is 0.612. The molecule has 0 aliphatic carbocycles. The second-order valence-electron chi connectivity index (χ2n) is 4.88. The van der Waals surface area contributed by atoms with Gasteiger partial charge in [-0.05, 0) is 31.5 Å². The molecular formula is C14H19N3O2S. The van der Waals surface area contributed by atoms with E-state index in [4.69, 9.17) is 5.73 Å². The molecule has 0 saturated carbocycles. The normalized spacial score (nSPS) is 15.8. The number of carbonyl (C=O) groups excluding carboxylic acids is 2. The van der Waals surface area contributed by atoms with Crippen molar-refractivity contribution in [2.45, 2.75) is 30.7 Å². The van der Waals surface area contributed by atoms with Crippen molar-refractivity contribution in [1.82, 2.24) is 5.32 Å². The van der Waals surface area contributed by atoms with Crippen LogP contribution in [-0.2, 0) is 4.79 Å². The minimum atomic E-state index is -0.142. The number of benzene rings is 1. The maximum atomic E-state index is 12.0. The predicted molar refractivity (Wildman–Crippen MR) is 81.0 cm³/mol. The Labute approximate surface area is 122 Å². The third-order valence-corrected chi connectivity index (χ3v) is 4.06. The molecule has 5 nitrogen and oxygen atoms in total. The van der Waals surface area contributed by atoms with E-state index in [1.54, 1.807) is 23.9 Å². The first-order valence-electron chi connectivity index (χ1n) is 6.67. The maximum absolute atomic E-state index is 12.0. The van der Waals surface area contributed by atoms with Crippen molar-refractivity contribution in [3.8, 4) is 0 Å². The molecule has 2 rings (SSSR count). The van der Waals surface area contributed by atoms with Crippen LogP contribution in [0.5, 0.6) is 0 Å². The van der Waals surface area contributed by atoms with Gasteiger partial charge in [-0.1, -0.05) is 0 Å². The van der Waals surface area contributed by atoms with Crippen LogP contribution in [0.1, 0.15) is 30.1 Å². The van der Waals surface area contributed by atoms with Crippen molar-refractivity contribution >= 4 is 29.3 Å². The number of anilines is 1. The van der Waals surface area contributed by atoms with Gasteiger partial charge in [-0.3, -0.25) is 9.59 Å². The fourth-order valence-electron chi connectivity index (χ4n) is 1.88. The Bertz CT molecular complexity index is 517. The van der Waals surface area contributed by atoms with Gasteiger partial charge in [-0.2, -0.15) is 0 Å². The fourth-order valence-corrected chi connectivity index (χ4v) is 2.81. The third-order valence-electron chi connectivity index (χ3n) is 2.99. The highest BCUT2D eigenvalue weighted by Crippen LogP contribution is 2.31. The zero-order valence-electron chi connectivity index (χ0n) is 11.4. The van der Waals surface area contributed by atoms with Gasteiger partial charge >= 0.3 is 0 Å². The third kappa shape index (κ3) is 3.98. The summed E-state index contributed by atoms with van der Waals surface area (Å²) in [4.78, 5) is 24.5. The monoisotopic (exact) mass is 293 g/mol. The number of hydrogen-bond donors (Lipinski definition) is 3. The van der Waals surface area contributed by atoms with Crippen molar-refractivity contribution in [1.29, 1.82) is 0 Å². The number of amides is 2. The Balaban J connectivity index is 2.06. The maximum Gasteiger partial charge on any atom is 0.251 e. The lowest BCUT2D eigenvalue weighted by atomic mass is 10.1. The molecule has 4 N–H and O–H groups in total. The standard InChI is InChI=1S/C14H19N3O2S/c1-9(15)4-6-16-14(19)10-2-3-12-11(8-10)17-13(18)5-7-20-12/h2-3,8-9H,4-7,15H2,1H3,(H,16,19)(H,17,18). The first kappa shape index (κ1) is 14.9. The molecule has 1 aliphatic heterocycles. The Morgan fingerprint density at radius 2 is 2.35 bits per heavy atom. The quantitative estimate of drug-likeness (QED) is 0.787. The van der Waals surface area contributed by atoms with Crippen LogP contribution in [0.25, 0.3) is 0 Å². The lowest BCUT2D eigenvalue weighted by Crippen LogP contribution is -2.29. The largest absolute Gasteiger partial charge is 0.352 e. The fraction of sp³-hybridized carbons (Fsp3) is 0.429. The van der Waals surface area contributed by atoms with Crippen LogP contribution >= 0.6 is 11.8 Å². The average Bonchev–Trinajstić information content (AvgIpc) is 2.57. The molecule has 0 aromatic heterocycles. The van der Waals surface area contributed by atoms with Crippen molar-refractivity contribution < 1.29 is 9.59 Å². The minimum absolute atomic E-state index is 0.00855. The van der Waals surface area contributed by atoms with Gasteiger partial charge < -0.3 is 16.4 Å². The van der Waals surface area contributed by atoms with Gasteiger partial charge in [-0.25, -0.2) is 0 Å². The smallest absolute Gasteiger partial charge is 0.251 e. The molecule has 0 spiro atoms. The minimum Gasteiger partial charge on any atom is -0.352 e. The molecule has 20 heavy (non-hydrogen) atoms. The summed E-state index contributed by atoms with van der Waals surface area (Å²) in [5, 5.41) is 5.66. The van der Waals surface area contributed by atoms with Gasteiger partial charge in [0.1, 0.15) is 0 Å². The van der Waals surface area contributed by atoms with Gasteiger partial charge in [0.2, 0.25) is 5.91 Å². The molecule has 2 amide bonds. The van der Waals surface area contributed by atoms with Gasteiger partial charge in [0, 0.05) is 35.2 Å². The lowest BCUT2D eigenvalue weighted by molar-refractivity contribution is -0.115. The van der Waals surface area contributed by atoms with E-state index in [1.165, 1.54) is 0 Å². The number of nitrogens with one attached hydrogen (secondary N) is 2. The van der Waals surface area contributed by atoms with Crippen molar-refractivity contribution in [2.75, 3.05) is 17.6 Å². The molecule has 0 saturated heterocycles. The van der Waals surface area contributed by atoms with Crippen molar-refractivity contribution in [2.24, 2.45) is 5.73 Å². The van der Waals surface area contributed by atoms with Gasteiger partial charge in [0.15, 0.2) is 0 Å². The molecule has 1 aliphatic rings. The highest BCUT2D eigenvalue weighted by atomic mass is 32.2. The summed E-state index contributed by atoms with van der Waals surface area (Å²) in [6, 6.07) is 5.46. The Hall–Kier alpha value is -1.53. The Kier molecular flexibility index (Phi) is 5.03. The highest BCUT2D eigenvalue weighted by molar-refractivity contribution is 7.99. The molecule has 1 atom stereocenters. The van der Waals surface area contributed by atoms with Crippen LogP contribution in [0, 0.1) is 0 Å². The van der Waals surface area contributed by atoms with E-state index in [0.29, 0.717) is 18.5 Å². The lowest BCUT2D eigenvalue weighted by Gasteiger charge is -2.10. The summed E-state index contributed by atoms with van der Waals surface area (Å²) < 4.78 is 0. The summed E-state index contributed by atoms with van der Waals surface area (Å²) in [7, 11) is 0. The average molecular weight is 293 g/mol. The summed E-state index contributed by atoms with van der Waals surface area (Å²) in [6.45, 7) is 2.45. The first-order chi connectivity index (χ1) is 9.56. The molecule has 0 fully saturated rings. The Morgan fingerprint density at radius 1 is 1.55 bits per heavy atom. The summed E-state index contributed by atoms with van der Waals surface area (Å²) in [5.41, 5.74) is 6.91. The van der Waals surface area contributed by atoms with Crippen LogP contribution in [-0.4, -0.2) is 30.2 Å². The van der Waals surface area contributed by atoms with E-state index in [-0.39, 0.29) is 17.9 Å².